The van der Waals surface area contributed by atoms with Crippen LogP contribution in [0.4, 0.5) is 0 Å². The fourth-order valence-electron chi connectivity index (χ4n) is 3.40. The second kappa shape index (κ2) is 9.49. The van der Waals surface area contributed by atoms with E-state index < -0.39 is 0 Å². The summed E-state index contributed by atoms with van der Waals surface area (Å²) in [5.74, 6) is 0.262. The van der Waals surface area contributed by atoms with Gasteiger partial charge >= 0.3 is 0 Å². The van der Waals surface area contributed by atoms with Gasteiger partial charge in [-0.3, -0.25) is 4.79 Å². The minimum absolute atomic E-state index is 0.177. The summed E-state index contributed by atoms with van der Waals surface area (Å²) in [5.41, 5.74) is 3.51. The van der Waals surface area contributed by atoms with E-state index in [4.69, 9.17) is 13.9 Å². The van der Waals surface area contributed by atoms with E-state index in [0.717, 1.165) is 29.5 Å². The van der Waals surface area contributed by atoms with Crippen molar-refractivity contribution in [3.05, 3.63) is 89.1 Å². The van der Waals surface area contributed by atoms with Gasteiger partial charge in [0.1, 0.15) is 6.10 Å². The van der Waals surface area contributed by atoms with Crippen molar-refractivity contribution in [2.24, 2.45) is 0 Å². The van der Waals surface area contributed by atoms with Crippen molar-refractivity contribution in [3.8, 4) is 0 Å². The molecule has 0 bridgehead atoms. The molecule has 6 heteroatoms. The van der Waals surface area contributed by atoms with E-state index in [1.54, 1.807) is 0 Å². The van der Waals surface area contributed by atoms with E-state index in [-0.39, 0.29) is 12.0 Å². The number of ether oxygens (including phenoxy) is 2. The average Bonchev–Trinajstić information content (AvgIpc) is 3.45. The molecule has 1 N–H and O–H groups in total. The predicted molar refractivity (Wildman–Crippen MR) is 107 cm³/mol. The highest BCUT2D eigenvalue weighted by atomic mass is 16.5. The number of oxazole rings is 1. The summed E-state index contributed by atoms with van der Waals surface area (Å²) in [6.07, 6.45) is 2.94. The minimum Gasteiger partial charge on any atom is -0.445 e. The van der Waals surface area contributed by atoms with Crippen LogP contribution >= 0.6 is 0 Å². The maximum atomic E-state index is 12.6. The Hall–Kier alpha value is -2.96. The molecule has 6 nitrogen and oxygen atoms in total. The highest BCUT2D eigenvalue weighted by molar-refractivity contribution is 5.93. The minimum atomic E-state index is -0.255. The third kappa shape index (κ3) is 5.10. The second-order valence-corrected chi connectivity index (χ2v) is 7.05. The molecule has 3 aromatic rings. The zero-order valence-electron chi connectivity index (χ0n) is 16.2. The van der Waals surface area contributed by atoms with Gasteiger partial charge in [-0.1, -0.05) is 54.6 Å². The fraction of sp³-hybridized carbons (Fsp3) is 0.304. The molecule has 29 heavy (non-hydrogen) atoms. The van der Waals surface area contributed by atoms with Crippen molar-refractivity contribution in [3.63, 3.8) is 0 Å². The third-order valence-electron chi connectivity index (χ3n) is 4.86. The Kier molecular flexibility index (Phi) is 6.34. The summed E-state index contributed by atoms with van der Waals surface area (Å²) in [7, 11) is 0. The Balaban J connectivity index is 1.30. The van der Waals surface area contributed by atoms with Crippen molar-refractivity contribution < 1.29 is 18.7 Å². The molecule has 2 aromatic carbocycles. The molecule has 1 amide bonds. The predicted octanol–water partition coefficient (Wildman–Crippen LogP) is 4.17. The number of hydrogen-bond acceptors (Lipinski definition) is 5. The Morgan fingerprint density at radius 2 is 1.86 bits per heavy atom. The van der Waals surface area contributed by atoms with Gasteiger partial charge in [-0.25, -0.2) is 4.98 Å². The van der Waals surface area contributed by atoms with Crippen LogP contribution < -0.4 is 5.32 Å². The van der Waals surface area contributed by atoms with E-state index >= 15 is 0 Å². The summed E-state index contributed by atoms with van der Waals surface area (Å²) >= 11 is 0. The molecule has 0 spiro atoms. The van der Waals surface area contributed by atoms with Crippen molar-refractivity contribution in [1.82, 2.24) is 10.3 Å². The molecule has 0 aliphatic carbocycles. The maximum absolute atomic E-state index is 12.6. The van der Waals surface area contributed by atoms with Crippen LogP contribution in [0.3, 0.4) is 0 Å². The van der Waals surface area contributed by atoms with Crippen LogP contribution in [-0.4, -0.2) is 17.5 Å². The Labute approximate surface area is 169 Å². The smallest absolute Gasteiger partial charge is 0.273 e. The summed E-state index contributed by atoms with van der Waals surface area (Å²) in [6, 6.07) is 18.1. The number of benzene rings is 2. The number of nitrogens with zero attached hydrogens (tertiary/aromatic N) is 1. The Morgan fingerprint density at radius 1 is 1.07 bits per heavy atom. The van der Waals surface area contributed by atoms with Crippen molar-refractivity contribution >= 4 is 5.91 Å². The number of nitrogens with one attached hydrogen (secondary N) is 1. The first-order valence-electron chi connectivity index (χ1n) is 9.82. The molecule has 1 saturated heterocycles. The van der Waals surface area contributed by atoms with Crippen molar-refractivity contribution in [2.75, 3.05) is 6.61 Å². The second-order valence-electron chi connectivity index (χ2n) is 7.05. The monoisotopic (exact) mass is 392 g/mol. The van der Waals surface area contributed by atoms with Crippen LogP contribution in [0.25, 0.3) is 0 Å². The molecule has 150 valence electrons. The van der Waals surface area contributed by atoms with Crippen LogP contribution in [-0.2, 0) is 29.2 Å². The summed E-state index contributed by atoms with van der Waals surface area (Å²) in [6.45, 7) is 2.18. The van der Waals surface area contributed by atoms with Gasteiger partial charge in [-0.05, 0) is 29.5 Å². The number of carbonyl (C=O) groups is 1. The van der Waals surface area contributed by atoms with Crippen LogP contribution in [0.2, 0.25) is 0 Å². The summed E-state index contributed by atoms with van der Waals surface area (Å²) in [5, 5.41) is 2.92. The van der Waals surface area contributed by atoms with Gasteiger partial charge in [0.2, 0.25) is 0 Å². The fourth-order valence-corrected chi connectivity index (χ4v) is 3.40. The number of aromatic nitrogens is 1. The van der Waals surface area contributed by atoms with Gasteiger partial charge in [-0.2, -0.15) is 0 Å². The normalized spacial score (nSPS) is 16.1. The zero-order valence-corrected chi connectivity index (χ0v) is 16.2. The number of amides is 1. The molecule has 1 aliphatic heterocycles. The first-order chi connectivity index (χ1) is 14.3. The Morgan fingerprint density at radius 3 is 2.69 bits per heavy atom. The zero-order chi connectivity index (χ0) is 19.9. The quantitative estimate of drug-likeness (QED) is 0.623. The van der Waals surface area contributed by atoms with Crippen LogP contribution in [0.15, 0.2) is 65.4 Å². The standard InChI is InChI=1S/C23H24N2O4/c26-23(21-22(29-16-25-21)20-10-5-11-28-20)24-13-18-8-4-9-19(12-18)15-27-14-17-6-2-1-3-7-17/h1-4,6-9,12,16,20H,5,10-11,13-15H2,(H,24,26). The van der Waals surface area contributed by atoms with Gasteiger partial charge in [0.25, 0.3) is 5.91 Å². The molecule has 2 heterocycles. The Bertz CT molecular complexity index is 933. The van der Waals surface area contributed by atoms with Crippen molar-refractivity contribution in [1.29, 1.82) is 0 Å². The third-order valence-corrected chi connectivity index (χ3v) is 4.86. The lowest BCUT2D eigenvalue weighted by Crippen LogP contribution is -2.24. The molecule has 1 fully saturated rings. The summed E-state index contributed by atoms with van der Waals surface area (Å²) < 4.78 is 16.8. The van der Waals surface area contributed by atoms with Gasteiger partial charge in [-0.15, -0.1) is 0 Å². The average molecular weight is 392 g/mol. The lowest BCUT2D eigenvalue weighted by molar-refractivity contribution is 0.0860. The lowest BCUT2D eigenvalue weighted by atomic mass is 10.1. The summed E-state index contributed by atoms with van der Waals surface area (Å²) in [4.78, 5) is 16.6. The lowest BCUT2D eigenvalue weighted by Gasteiger charge is -2.10. The van der Waals surface area contributed by atoms with E-state index in [1.807, 2.05) is 54.6 Å². The molecular formula is C23H24N2O4. The van der Waals surface area contributed by atoms with E-state index in [9.17, 15) is 4.79 Å². The molecule has 1 unspecified atom stereocenters. The maximum Gasteiger partial charge on any atom is 0.273 e. The van der Waals surface area contributed by atoms with Crippen LogP contribution in [0, 0.1) is 0 Å². The SMILES string of the molecule is O=C(NCc1cccc(COCc2ccccc2)c1)c1ncoc1C1CCCO1. The van der Waals surface area contributed by atoms with Gasteiger partial charge < -0.3 is 19.2 Å². The van der Waals surface area contributed by atoms with E-state index in [2.05, 4.69) is 10.3 Å². The molecular weight excluding hydrogens is 368 g/mol. The van der Waals surface area contributed by atoms with Crippen LogP contribution in [0.5, 0.6) is 0 Å². The molecule has 0 radical (unpaired) electrons. The van der Waals surface area contributed by atoms with E-state index in [0.29, 0.717) is 37.8 Å². The van der Waals surface area contributed by atoms with Crippen LogP contribution in [0.1, 0.15) is 51.9 Å². The molecule has 1 aliphatic rings. The number of rotatable bonds is 8. The topological polar surface area (TPSA) is 73.6 Å². The molecule has 0 saturated carbocycles. The van der Waals surface area contributed by atoms with E-state index in [1.165, 1.54) is 6.39 Å². The molecule has 1 atom stereocenters. The van der Waals surface area contributed by atoms with Gasteiger partial charge in [0, 0.05) is 13.2 Å². The number of carbonyl (C=O) groups excluding carboxylic acids is 1. The first kappa shape index (κ1) is 19.4. The van der Waals surface area contributed by atoms with Gasteiger partial charge in [0.15, 0.2) is 17.8 Å². The number of hydrogen-bond donors (Lipinski definition) is 1. The molecule has 4 rings (SSSR count). The van der Waals surface area contributed by atoms with Gasteiger partial charge in [0.05, 0.1) is 13.2 Å². The van der Waals surface area contributed by atoms with Crippen molar-refractivity contribution in [2.45, 2.75) is 38.7 Å². The largest absolute Gasteiger partial charge is 0.445 e. The highest BCUT2D eigenvalue weighted by Crippen LogP contribution is 2.30. The molecule has 1 aromatic heterocycles. The first-order valence-corrected chi connectivity index (χ1v) is 9.82. The highest BCUT2D eigenvalue weighted by Gasteiger charge is 2.27.